The van der Waals surface area contributed by atoms with Gasteiger partial charge in [-0.15, -0.1) is 0 Å². The topological polar surface area (TPSA) is 48.5 Å². The van der Waals surface area contributed by atoms with Gasteiger partial charge in [-0.25, -0.2) is 9.78 Å². The van der Waals surface area contributed by atoms with Crippen LogP contribution in [0.15, 0.2) is 66.9 Å². The second-order valence-electron chi connectivity index (χ2n) is 7.55. The fourth-order valence-corrected chi connectivity index (χ4v) is 3.55. The molecule has 0 aliphatic carbocycles. The SMILES string of the molecule is Cc1ccc(CNC(=O)N2CCN(Cc3ccc(C)cc3)c3ncccc32)cc1. The Kier molecular flexibility index (Phi) is 5.47. The zero-order valence-corrected chi connectivity index (χ0v) is 16.9. The molecule has 2 aromatic carbocycles. The number of nitrogens with one attached hydrogen (secondary N) is 1. The molecule has 1 aromatic heterocycles. The van der Waals surface area contributed by atoms with E-state index in [0.29, 0.717) is 13.1 Å². The summed E-state index contributed by atoms with van der Waals surface area (Å²) in [5.74, 6) is 0.852. The Labute approximate surface area is 172 Å². The van der Waals surface area contributed by atoms with Crippen LogP contribution in [0.25, 0.3) is 0 Å². The van der Waals surface area contributed by atoms with E-state index in [4.69, 9.17) is 0 Å². The quantitative estimate of drug-likeness (QED) is 0.721. The molecule has 1 aliphatic heterocycles. The lowest BCUT2D eigenvalue weighted by Gasteiger charge is -2.36. The number of fused-ring (bicyclic) bond motifs is 1. The first-order chi connectivity index (χ1) is 14.1. The van der Waals surface area contributed by atoms with Crippen LogP contribution in [0.2, 0.25) is 0 Å². The number of hydrogen-bond acceptors (Lipinski definition) is 3. The predicted molar refractivity (Wildman–Crippen MR) is 117 cm³/mol. The number of amides is 2. The van der Waals surface area contributed by atoms with E-state index >= 15 is 0 Å². The molecule has 29 heavy (non-hydrogen) atoms. The summed E-state index contributed by atoms with van der Waals surface area (Å²) in [7, 11) is 0. The Morgan fingerprint density at radius 3 is 2.28 bits per heavy atom. The molecule has 0 unspecified atom stereocenters. The first kappa shape index (κ1) is 19.0. The van der Waals surface area contributed by atoms with Crippen molar-refractivity contribution < 1.29 is 4.79 Å². The highest BCUT2D eigenvalue weighted by atomic mass is 16.2. The van der Waals surface area contributed by atoms with Gasteiger partial charge in [0.2, 0.25) is 0 Å². The third kappa shape index (κ3) is 4.40. The van der Waals surface area contributed by atoms with Crippen LogP contribution in [0.3, 0.4) is 0 Å². The van der Waals surface area contributed by atoms with Crippen LogP contribution in [-0.2, 0) is 13.1 Å². The number of aromatic nitrogens is 1. The van der Waals surface area contributed by atoms with Crippen molar-refractivity contribution in [3.05, 3.63) is 89.1 Å². The van der Waals surface area contributed by atoms with Crippen LogP contribution >= 0.6 is 0 Å². The minimum atomic E-state index is -0.0881. The van der Waals surface area contributed by atoms with Crippen LogP contribution in [0, 0.1) is 13.8 Å². The van der Waals surface area contributed by atoms with E-state index in [1.54, 1.807) is 11.1 Å². The average molecular weight is 386 g/mol. The van der Waals surface area contributed by atoms with Crippen molar-refractivity contribution in [1.29, 1.82) is 0 Å². The summed E-state index contributed by atoms with van der Waals surface area (Å²) in [5.41, 5.74) is 5.65. The van der Waals surface area contributed by atoms with E-state index in [9.17, 15) is 4.79 Å². The highest BCUT2D eigenvalue weighted by Gasteiger charge is 2.27. The van der Waals surface area contributed by atoms with E-state index in [2.05, 4.69) is 65.4 Å². The van der Waals surface area contributed by atoms with Crippen molar-refractivity contribution in [3.8, 4) is 0 Å². The summed E-state index contributed by atoms with van der Waals surface area (Å²) in [6, 6.07) is 20.5. The van der Waals surface area contributed by atoms with Crippen LogP contribution in [0.1, 0.15) is 22.3 Å². The number of urea groups is 1. The Balaban J connectivity index is 1.47. The summed E-state index contributed by atoms with van der Waals surface area (Å²) >= 11 is 0. The van der Waals surface area contributed by atoms with E-state index < -0.39 is 0 Å². The fourth-order valence-electron chi connectivity index (χ4n) is 3.55. The third-order valence-corrected chi connectivity index (χ3v) is 5.25. The maximum absolute atomic E-state index is 12.9. The summed E-state index contributed by atoms with van der Waals surface area (Å²) in [5, 5.41) is 3.04. The molecule has 2 heterocycles. The van der Waals surface area contributed by atoms with Crippen molar-refractivity contribution in [3.63, 3.8) is 0 Å². The lowest BCUT2D eigenvalue weighted by atomic mass is 10.1. The molecule has 0 spiro atoms. The molecule has 0 fully saturated rings. The largest absolute Gasteiger partial charge is 0.349 e. The Morgan fingerprint density at radius 1 is 0.931 bits per heavy atom. The first-order valence-electron chi connectivity index (χ1n) is 9.96. The second-order valence-corrected chi connectivity index (χ2v) is 7.55. The van der Waals surface area contributed by atoms with Crippen LogP contribution in [0.5, 0.6) is 0 Å². The molecule has 0 atom stereocenters. The van der Waals surface area contributed by atoms with Crippen molar-refractivity contribution in [1.82, 2.24) is 10.3 Å². The van der Waals surface area contributed by atoms with Gasteiger partial charge in [0.05, 0.1) is 5.69 Å². The minimum Gasteiger partial charge on any atom is -0.349 e. The van der Waals surface area contributed by atoms with Crippen LogP contribution < -0.4 is 15.1 Å². The number of hydrogen-bond donors (Lipinski definition) is 1. The van der Waals surface area contributed by atoms with Crippen molar-refractivity contribution >= 4 is 17.5 Å². The Bertz CT molecular complexity index is 983. The monoisotopic (exact) mass is 386 g/mol. The smallest absolute Gasteiger partial charge is 0.322 e. The predicted octanol–water partition coefficient (Wildman–Crippen LogP) is 4.43. The number of anilines is 2. The lowest BCUT2D eigenvalue weighted by Crippen LogP contribution is -2.48. The van der Waals surface area contributed by atoms with Gasteiger partial charge in [0.1, 0.15) is 0 Å². The van der Waals surface area contributed by atoms with E-state index in [0.717, 1.165) is 30.2 Å². The molecular weight excluding hydrogens is 360 g/mol. The van der Waals surface area contributed by atoms with E-state index in [1.165, 1.54) is 16.7 Å². The van der Waals surface area contributed by atoms with Gasteiger partial charge < -0.3 is 10.2 Å². The Hall–Kier alpha value is -3.34. The van der Waals surface area contributed by atoms with Gasteiger partial charge in [-0.1, -0.05) is 59.7 Å². The highest BCUT2D eigenvalue weighted by Crippen LogP contribution is 2.31. The molecular formula is C24H26N4O. The number of carbonyl (C=O) groups is 1. The minimum absolute atomic E-state index is 0.0881. The van der Waals surface area contributed by atoms with Gasteiger partial charge in [0.15, 0.2) is 5.82 Å². The molecule has 1 aliphatic rings. The zero-order valence-electron chi connectivity index (χ0n) is 16.9. The van der Waals surface area contributed by atoms with Gasteiger partial charge in [0, 0.05) is 32.4 Å². The molecule has 3 aromatic rings. The molecule has 4 rings (SSSR count). The summed E-state index contributed by atoms with van der Waals surface area (Å²) in [6.07, 6.45) is 1.79. The normalized spacial score (nSPS) is 13.2. The highest BCUT2D eigenvalue weighted by molar-refractivity contribution is 5.96. The number of rotatable bonds is 4. The third-order valence-electron chi connectivity index (χ3n) is 5.25. The summed E-state index contributed by atoms with van der Waals surface area (Å²) < 4.78 is 0. The molecule has 0 saturated heterocycles. The zero-order chi connectivity index (χ0) is 20.2. The van der Waals surface area contributed by atoms with Crippen LogP contribution in [0.4, 0.5) is 16.3 Å². The number of aryl methyl sites for hydroxylation is 2. The number of pyridine rings is 1. The Morgan fingerprint density at radius 2 is 1.59 bits per heavy atom. The van der Waals surface area contributed by atoms with Crippen molar-refractivity contribution in [2.24, 2.45) is 0 Å². The number of benzene rings is 2. The van der Waals surface area contributed by atoms with E-state index in [-0.39, 0.29) is 6.03 Å². The lowest BCUT2D eigenvalue weighted by molar-refractivity contribution is 0.245. The van der Waals surface area contributed by atoms with Gasteiger partial charge in [-0.05, 0) is 37.1 Å². The standard InChI is InChI=1S/C24H26N4O/c1-18-5-9-20(10-6-18)16-26-24(29)28-15-14-27(23-22(28)4-3-13-25-23)17-21-11-7-19(2)8-12-21/h3-13H,14-17H2,1-2H3,(H,26,29). The molecule has 0 saturated carbocycles. The molecule has 1 N–H and O–H groups in total. The molecule has 0 radical (unpaired) electrons. The number of carbonyl (C=O) groups excluding carboxylic acids is 1. The van der Waals surface area contributed by atoms with Crippen molar-refractivity contribution in [2.75, 3.05) is 22.9 Å². The van der Waals surface area contributed by atoms with E-state index in [1.807, 2.05) is 24.3 Å². The van der Waals surface area contributed by atoms with Gasteiger partial charge in [-0.2, -0.15) is 0 Å². The van der Waals surface area contributed by atoms with Gasteiger partial charge >= 0.3 is 6.03 Å². The van der Waals surface area contributed by atoms with Gasteiger partial charge in [0.25, 0.3) is 0 Å². The van der Waals surface area contributed by atoms with Crippen LogP contribution in [-0.4, -0.2) is 24.1 Å². The molecule has 0 bridgehead atoms. The molecule has 5 heteroatoms. The molecule has 2 amide bonds. The maximum Gasteiger partial charge on any atom is 0.322 e. The average Bonchev–Trinajstić information content (AvgIpc) is 2.75. The van der Waals surface area contributed by atoms with Gasteiger partial charge in [-0.3, -0.25) is 4.90 Å². The van der Waals surface area contributed by atoms with Crippen molar-refractivity contribution in [2.45, 2.75) is 26.9 Å². The summed E-state index contributed by atoms with van der Waals surface area (Å²) in [6.45, 7) is 6.82. The number of nitrogens with zero attached hydrogens (tertiary/aromatic N) is 3. The molecule has 148 valence electrons. The molecule has 5 nitrogen and oxygen atoms in total. The fraction of sp³-hybridized carbons (Fsp3) is 0.250. The first-order valence-corrected chi connectivity index (χ1v) is 9.96. The maximum atomic E-state index is 12.9. The summed E-state index contributed by atoms with van der Waals surface area (Å²) in [4.78, 5) is 21.5. The second kappa shape index (κ2) is 8.35.